The van der Waals surface area contributed by atoms with E-state index in [0.717, 1.165) is 30.6 Å². The summed E-state index contributed by atoms with van der Waals surface area (Å²) in [5, 5.41) is 12.5. The van der Waals surface area contributed by atoms with Gasteiger partial charge in [0.1, 0.15) is 5.82 Å². The molecule has 2 aromatic rings. The molecule has 2 atom stereocenters. The van der Waals surface area contributed by atoms with Gasteiger partial charge in [-0.1, -0.05) is 49.2 Å². The Morgan fingerprint density at radius 2 is 1.74 bits per heavy atom. The van der Waals surface area contributed by atoms with E-state index >= 15 is 0 Å². The molecule has 0 radical (unpaired) electrons. The summed E-state index contributed by atoms with van der Waals surface area (Å²) in [4.78, 5) is 2.33. The molecule has 27 heavy (non-hydrogen) atoms. The van der Waals surface area contributed by atoms with E-state index in [-0.39, 0.29) is 11.7 Å². The van der Waals surface area contributed by atoms with Gasteiger partial charge < -0.3 is 9.84 Å². The van der Waals surface area contributed by atoms with Crippen LogP contribution in [0.25, 0.3) is 0 Å². The molecule has 0 aromatic heterocycles. The Morgan fingerprint density at radius 1 is 1.11 bits per heavy atom. The number of nitrogens with zero attached hydrogens (tertiary/aromatic N) is 1. The van der Waals surface area contributed by atoms with Crippen molar-refractivity contribution in [2.45, 2.75) is 31.3 Å². The van der Waals surface area contributed by atoms with Gasteiger partial charge in [0.15, 0.2) is 0 Å². The first kappa shape index (κ1) is 20.3. The van der Waals surface area contributed by atoms with Crippen LogP contribution in [0, 0.1) is 5.82 Å². The van der Waals surface area contributed by atoms with Crippen LogP contribution in [0.2, 0.25) is 5.02 Å². The number of benzene rings is 2. The highest BCUT2D eigenvalue weighted by atomic mass is 35.5. The number of halogens is 2. The van der Waals surface area contributed by atoms with E-state index in [0.29, 0.717) is 31.2 Å². The second-order valence-electron chi connectivity index (χ2n) is 7.20. The second kappa shape index (κ2) is 9.16. The molecule has 0 amide bonds. The molecule has 1 aliphatic heterocycles. The van der Waals surface area contributed by atoms with Crippen molar-refractivity contribution in [1.29, 1.82) is 0 Å². The minimum atomic E-state index is -1.09. The van der Waals surface area contributed by atoms with Gasteiger partial charge in [-0.05, 0) is 41.8 Å². The molecule has 3 nitrogen and oxygen atoms in total. The van der Waals surface area contributed by atoms with Crippen LogP contribution in [-0.4, -0.2) is 42.9 Å². The second-order valence-corrected chi connectivity index (χ2v) is 7.63. The number of morpholine rings is 1. The highest BCUT2D eigenvalue weighted by Crippen LogP contribution is 2.41. The fraction of sp³-hybridized carbons (Fsp3) is 0.455. The summed E-state index contributed by atoms with van der Waals surface area (Å²) in [6.07, 6.45) is 1.41. The first-order valence-electron chi connectivity index (χ1n) is 9.57. The molecule has 1 aliphatic rings. The summed E-state index contributed by atoms with van der Waals surface area (Å²) < 4.78 is 19.0. The van der Waals surface area contributed by atoms with Crippen molar-refractivity contribution in [2.24, 2.45) is 0 Å². The molecular formula is C22H27ClFNO2. The normalized spacial score (nSPS) is 18.8. The van der Waals surface area contributed by atoms with Crippen LogP contribution < -0.4 is 0 Å². The maximum absolute atomic E-state index is 13.5. The van der Waals surface area contributed by atoms with Crippen LogP contribution >= 0.6 is 11.6 Å². The Morgan fingerprint density at radius 3 is 2.33 bits per heavy atom. The van der Waals surface area contributed by atoms with E-state index in [4.69, 9.17) is 16.3 Å². The standard InChI is InChI=1S/C22H27ClFNO2/c1-2-11-22(26,18-5-9-20(24)10-6-18)21(16-25-12-14-27-15-13-25)17-3-7-19(23)8-4-17/h3-10,21,26H,2,11-16H2,1H3/t21-,22-/m0/s1. The number of hydrogen-bond acceptors (Lipinski definition) is 3. The molecule has 146 valence electrons. The third-order valence-electron chi connectivity index (χ3n) is 5.37. The van der Waals surface area contributed by atoms with E-state index in [1.807, 2.05) is 24.3 Å². The number of hydrogen-bond donors (Lipinski definition) is 1. The number of rotatable bonds is 7. The first-order valence-corrected chi connectivity index (χ1v) is 9.94. The van der Waals surface area contributed by atoms with Gasteiger partial charge in [-0.2, -0.15) is 0 Å². The van der Waals surface area contributed by atoms with E-state index in [1.165, 1.54) is 12.1 Å². The molecule has 5 heteroatoms. The third kappa shape index (κ3) is 4.88. The van der Waals surface area contributed by atoms with Crippen molar-refractivity contribution in [1.82, 2.24) is 4.90 Å². The van der Waals surface area contributed by atoms with Crippen molar-refractivity contribution in [3.8, 4) is 0 Å². The number of ether oxygens (including phenoxy) is 1. The Balaban J connectivity index is 2.00. The van der Waals surface area contributed by atoms with Crippen LogP contribution in [0.5, 0.6) is 0 Å². The predicted molar refractivity (Wildman–Crippen MR) is 107 cm³/mol. The summed E-state index contributed by atoms with van der Waals surface area (Å²) in [7, 11) is 0. The largest absolute Gasteiger partial charge is 0.384 e. The monoisotopic (exact) mass is 391 g/mol. The SMILES string of the molecule is CCC[C@](O)(c1ccc(F)cc1)[C@@H](CN1CCOCC1)c1ccc(Cl)cc1. The van der Waals surface area contributed by atoms with Gasteiger partial charge in [-0.3, -0.25) is 4.90 Å². The van der Waals surface area contributed by atoms with Gasteiger partial charge >= 0.3 is 0 Å². The summed E-state index contributed by atoms with van der Waals surface area (Å²) in [5.74, 6) is -0.452. The molecule has 2 aromatic carbocycles. The van der Waals surface area contributed by atoms with Crippen LogP contribution in [0.4, 0.5) is 4.39 Å². The van der Waals surface area contributed by atoms with Crippen molar-refractivity contribution in [2.75, 3.05) is 32.8 Å². The first-order chi connectivity index (χ1) is 13.0. The lowest BCUT2D eigenvalue weighted by atomic mass is 9.74. The average Bonchev–Trinajstić information content (AvgIpc) is 2.68. The molecule has 0 aliphatic carbocycles. The lowest BCUT2D eigenvalue weighted by Gasteiger charge is -2.41. The maximum Gasteiger partial charge on any atom is 0.123 e. The fourth-order valence-corrected chi connectivity index (χ4v) is 4.03. The molecule has 3 rings (SSSR count). The lowest BCUT2D eigenvalue weighted by Crippen LogP contribution is -2.45. The topological polar surface area (TPSA) is 32.7 Å². The van der Waals surface area contributed by atoms with Crippen LogP contribution in [0.1, 0.15) is 36.8 Å². The average molecular weight is 392 g/mol. The van der Waals surface area contributed by atoms with Crippen LogP contribution in [-0.2, 0) is 10.3 Å². The van der Waals surface area contributed by atoms with Gasteiger partial charge in [0.05, 0.1) is 18.8 Å². The Kier molecular flexibility index (Phi) is 6.88. The molecule has 0 spiro atoms. The molecule has 0 saturated carbocycles. The van der Waals surface area contributed by atoms with E-state index in [1.54, 1.807) is 12.1 Å². The van der Waals surface area contributed by atoms with Crippen molar-refractivity contribution < 1.29 is 14.2 Å². The quantitative estimate of drug-likeness (QED) is 0.749. The highest BCUT2D eigenvalue weighted by Gasteiger charge is 2.39. The highest BCUT2D eigenvalue weighted by molar-refractivity contribution is 6.30. The fourth-order valence-electron chi connectivity index (χ4n) is 3.91. The lowest BCUT2D eigenvalue weighted by molar-refractivity contribution is -0.0285. The molecule has 1 saturated heterocycles. The number of aliphatic hydroxyl groups is 1. The molecule has 0 bridgehead atoms. The summed E-state index contributed by atoms with van der Waals surface area (Å²) in [6, 6.07) is 13.9. The van der Waals surface area contributed by atoms with E-state index < -0.39 is 5.60 Å². The minimum absolute atomic E-state index is 0.154. The van der Waals surface area contributed by atoms with Gasteiger partial charge in [-0.15, -0.1) is 0 Å². The van der Waals surface area contributed by atoms with Crippen molar-refractivity contribution in [3.05, 3.63) is 70.5 Å². The van der Waals surface area contributed by atoms with Gasteiger partial charge in [0, 0.05) is 30.6 Å². The zero-order valence-electron chi connectivity index (χ0n) is 15.7. The van der Waals surface area contributed by atoms with Gasteiger partial charge in [-0.25, -0.2) is 4.39 Å². The zero-order valence-corrected chi connectivity index (χ0v) is 16.5. The molecular weight excluding hydrogens is 365 g/mol. The van der Waals surface area contributed by atoms with Gasteiger partial charge in [0.25, 0.3) is 0 Å². The summed E-state index contributed by atoms with van der Waals surface area (Å²) >= 11 is 6.09. The smallest absolute Gasteiger partial charge is 0.123 e. The summed E-state index contributed by atoms with van der Waals surface area (Å²) in [5.41, 5.74) is 0.694. The Hall–Kier alpha value is -1.46. The van der Waals surface area contributed by atoms with Crippen LogP contribution in [0.15, 0.2) is 48.5 Å². The van der Waals surface area contributed by atoms with Gasteiger partial charge in [0.2, 0.25) is 0 Å². The molecule has 1 heterocycles. The minimum Gasteiger partial charge on any atom is -0.384 e. The molecule has 1 fully saturated rings. The van der Waals surface area contributed by atoms with Crippen molar-refractivity contribution >= 4 is 11.6 Å². The summed E-state index contributed by atoms with van der Waals surface area (Å²) in [6.45, 7) is 5.86. The third-order valence-corrected chi connectivity index (χ3v) is 5.62. The Labute approximate surface area is 165 Å². The van der Waals surface area contributed by atoms with E-state index in [9.17, 15) is 9.50 Å². The molecule has 0 unspecified atom stereocenters. The van der Waals surface area contributed by atoms with Crippen molar-refractivity contribution in [3.63, 3.8) is 0 Å². The molecule has 1 N–H and O–H groups in total. The Bertz CT molecular complexity index is 716. The van der Waals surface area contributed by atoms with Crippen LogP contribution in [0.3, 0.4) is 0 Å². The zero-order chi connectivity index (χ0) is 19.3. The maximum atomic E-state index is 13.5. The predicted octanol–water partition coefficient (Wildman–Crippen LogP) is 4.58. The van der Waals surface area contributed by atoms with E-state index in [2.05, 4.69) is 11.8 Å².